The molecule has 1 heterocycles. The zero-order valence-electron chi connectivity index (χ0n) is 12.9. The van der Waals surface area contributed by atoms with Gasteiger partial charge in [-0.25, -0.2) is 0 Å². The van der Waals surface area contributed by atoms with Gasteiger partial charge in [0.05, 0.1) is 4.92 Å². The molecule has 9 heteroatoms. The molecule has 0 aromatic heterocycles. The van der Waals surface area contributed by atoms with Crippen LogP contribution in [0.3, 0.4) is 0 Å². The van der Waals surface area contributed by atoms with Gasteiger partial charge >= 0.3 is 11.8 Å². The lowest BCUT2D eigenvalue weighted by Gasteiger charge is -2.35. The quantitative estimate of drug-likeness (QED) is 0.487. The van der Waals surface area contributed by atoms with Crippen LogP contribution in [0, 0.1) is 10.1 Å². The lowest BCUT2D eigenvalue weighted by molar-refractivity contribution is -0.384. The van der Waals surface area contributed by atoms with Crippen LogP contribution in [-0.2, 0) is 9.59 Å². The van der Waals surface area contributed by atoms with E-state index in [2.05, 4.69) is 5.32 Å². The Kier molecular flexibility index (Phi) is 6.10. The molecular weight excluding hydrogens is 338 g/mol. The van der Waals surface area contributed by atoms with Gasteiger partial charge < -0.3 is 15.3 Å². The Morgan fingerprint density at radius 1 is 1.42 bits per heavy atom. The smallest absolute Gasteiger partial charge is 0.313 e. The first-order chi connectivity index (χ1) is 11.4. The van der Waals surface area contributed by atoms with Crippen LogP contribution in [0.5, 0.6) is 0 Å². The fraction of sp³-hybridized carbons (Fsp3) is 0.467. The third-order valence-corrected chi connectivity index (χ3v) is 4.26. The molecule has 1 fully saturated rings. The molecule has 130 valence electrons. The van der Waals surface area contributed by atoms with Crippen LogP contribution in [0.25, 0.3) is 0 Å². The number of nitro groups is 1. The van der Waals surface area contributed by atoms with Crippen molar-refractivity contribution in [2.75, 3.05) is 18.5 Å². The number of hydrogen-bond acceptors (Lipinski definition) is 5. The molecule has 1 aromatic carbocycles. The van der Waals surface area contributed by atoms with Crippen LogP contribution < -0.4 is 5.32 Å². The zero-order valence-corrected chi connectivity index (χ0v) is 13.7. The first-order valence-electron chi connectivity index (χ1n) is 7.60. The van der Waals surface area contributed by atoms with E-state index in [1.54, 1.807) is 0 Å². The van der Waals surface area contributed by atoms with Gasteiger partial charge in [0.15, 0.2) is 0 Å². The van der Waals surface area contributed by atoms with Crippen molar-refractivity contribution < 1.29 is 19.6 Å². The summed E-state index contributed by atoms with van der Waals surface area (Å²) in [6.45, 7) is 0.400. The number of aliphatic hydroxyl groups is 1. The van der Waals surface area contributed by atoms with Crippen molar-refractivity contribution in [3.8, 4) is 0 Å². The number of nitro benzene ring substituents is 1. The number of aliphatic hydroxyl groups excluding tert-OH is 1. The maximum atomic E-state index is 12.3. The number of nitrogens with one attached hydrogen (secondary N) is 1. The van der Waals surface area contributed by atoms with E-state index in [1.807, 2.05) is 0 Å². The van der Waals surface area contributed by atoms with Crippen LogP contribution in [-0.4, -0.2) is 45.9 Å². The van der Waals surface area contributed by atoms with Crippen LogP contribution in [0.4, 0.5) is 11.4 Å². The highest BCUT2D eigenvalue weighted by molar-refractivity contribution is 6.39. The van der Waals surface area contributed by atoms with Gasteiger partial charge in [-0.3, -0.25) is 19.7 Å². The van der Waals surface area contributed by atoms with Gasteiger partial charge in [-0.15, -0.1) is 0 Å². The van der Waals surface area contributed by atoms with E-state index in [9.17, 15) is 19.7 Å². The van der Waals surface area contributed by atoms with Crippen LogP contribution in [0.2, 0.25) is 5.02 Å². The molecule has 0 spiro atoms. The summed E-state index contributed by atoms with van der Waals surface area (Å²) in [4.78, 5) is 36.2. The predicted molar refractivity (Wildman–Crippen MR) is 87.8 cm³/mol. The second-order valence-electron chi connectivity index (χ2n) is 5.54. The number of halogens is 1. The standard InChI is InChI=1S/C15H18ClN3O5/c16-12-5-4-10(9-13(12)19(23)24)17-14(21)15(22)18-7-2-1-3-11(18)6-8-20/h4-5,9,11,20H,1-3,6-8H2,(H,17,21). The van der Waals surface area contributed by atoms with E-state index in [4.69, 9.17) is 16.7 Å². The first kappa shape index (κ1) is 18.2. The second kappa shape index (κ2) is 8.07. The van der Waals surface area contributed by atoms with Gasteiger partial charge in [0, 0.05) is 30.9 Å². The van der Waals surface area contributed by atoms with Gasteiger partial charge in [0.2, 0.25) is 0 Å². The maximum absolute atomic E-state index is 12.3. The molecule has 1 aliphatic heterocycles. The molecule has 2 N–H and O–H groups in total. The molecule has 8 nitrogen and oxygen atoms in total. The number of nitrogens with zero attached hydrogens (tertiary/aromatic N) is 2. The van der Waals surface area contributed by atoms with Crippen molar-refractivity contribution in [1.29, 1.82) is 0 Å². The fourth-order valence-electron chi connectivity index (χ4n) is 2.76. The number of amides is 2. The Bertz CT molecular complexity index is 650. The summed E-state index contributed by atoms with van der Waals surface area (Å²) in [7, 11) is 0. The van der Waals surface area contributed by atoms with E-state index in [0.717, 1.165) is 25.3 Å². The maximum Gasteiger partial charge on any atom is 0.313 e. The van der Waals surface area contributed by atoms with Gasteiger partial charge in [0.1, 0.15) is 5.02 Å². The molecule has 1 aliphatic rings. The average molecular weight is 356 g/mol. The van der Waals surface area contributed by atoms with Gasteiger partial charge in [-0.2, -0.15) is 0 Å². The number of likely N-dealkylation sites (tertiary alicyclic amines) is 1. The SMILES string of the molecule is O=C(Nc1ccc(Cl)c([N+](=O)[O-])c1)C(=O)N1CCCCC1CCO. The molecule has 1 atom stereocenters. The molecule has 0 bridgehead atoms. The normalized spacial score (nSPS) is 17.4. The summed E-state index contributed by atoms with van der Waals surface area (Å²) in [6.07, 6.45) is 2.91. The average Bonchev–Trinajstić information content (AvgIpc) is 2.56. The predicted octanol–water partition coefficient (Wildman–Crippen LogP) is 1.95. The molecule has 2 amide bonds. The molecule has 24 heavy (non-hydrogen) atoms. The Morgan fingerprint density at radius 2 is 2.17 bits per heavy atom. The topological polar surface area (TPSA) is 113 Å². The number of anilines is 1. The fourth-order valence-corrected chi connectivity index (χ4v) is 2.95. The van der Waals surface area contributed by atoms with Crippen molar-refractivity contribution in [2.24, 2.45) is 0 Å². The summed E-state index contributed by atoms with van der Waals surface area (Å²) in [6, 6.07) is 3.62. The highest BCUT2D eigenvalue weighted by Crippen LogP contribution is 2.27. The Labute approximate surface area is 143 Å². The van der Waals surface area contributed by atoms with Crippen LogP contribution in [0.15, 0.2) is 18.2 Å². The van der Waals surface area contributed by atoms with E-state index in [1.165, 1.54) is 17.0 Å². The first-order valence-corrected chi connectivity index (χ1v) is 7.98. The number of benzene rings is 1. The lowest BCUT2D eigenvalue weighted by Crippen LogP contribution is -2.48. The molecule has 1 saturated heterocycles. The van der Waals surface area contributed by atoms with Crippen molar-refractivity contribution in [3.63, 3.8) is 0 Å². The second-order valence-corrected chi connectivity index (χ2v) is 5.95. The van der Waals surface area contributed by atoms with Crippen molar-refractivity contribution in [2.45, 2.75) is 31.7 Å². The van der Waals surface area contributed by atoms with Crippen molar-refractivity contribution in [3.05, 3.63) is 33.3 Å². The Hall–Kier alpha value is -2.19. The minimum atomic E-state index is -0.864. The molecular formula is C15H18ClN3O5. The summed E-state index contributed by atoms with van der Waals surface area (Å²) in [5.41, 5.74) is -0.224. The van der Waals surface area contributed by atoms with Crippen molar-refractivity contribution >= 4 is 34.8 Å². The molecule has 1 aromatic rings. The third kappa shape index (κ3) is 4.21. The lowest BCUT2D eigenvalue weighted by atomic mass is 9.99. The number of carbonyl (C=O) groups excluding carboxylic acids is 2. The highest BCUT2D eigenvalue weighted by Gasteiger charge is 2.30. The van der Waals surface area contributed by atoms with Gasteiger partial charge in [-0.1, -0.05) is 11.6 Å². The number of carbonyl (C=O) groups is 2. The minimum absolute atomic E-state index is 0.0524. The summed E-state index contributed by atoms with van der Waals surface area (Å²) < 4.78 is 0. The zero-order chi connectivity index (χ0) is 17.7. The molecule has 0 saturated carbocycles. The van der Waals surface area contributed by atoms with Gasteiger partial charge in [0.25, 0.3) is 5.69 Å². The number of piperidine rings is 1. The number of rotatable bonds is 4. The molecule has 1 unspecified atom stereocenters. The number of hydrogen-bond donors (Lipinski definition) is 2. The van der Waals surface area contributed by atoms with E-state index < -0.39 is 16.7 Å². The molecule has 0 aliphatic carbocycles. The van der Waals surface area contributed by atoms with E-state index in [0.29, 0.717) is 13.0 Å². The Morgan fingerprint density at radius 3 is 2.83 bits per heavy atom. The van der Waals surface area contributed by atoms with E-state index >= 15 is 0 Å². The monoisotopic (exact) mass is 355 g/mol. The molecule has 2 rings (SSSR count). The van der Waals surface area contributed by atoms with Crippen LogP contribution >= 0.6 is 11.6 Å². The minimum Gasteiger partial charge on any atom is -0.396 e. The molecule has 0 radical (unpaired) electrons. The van der Waals surface area contributed by atoms with Gasteiger partial charge in [-0.05, 0) is 37.8 Å². The summed E-state index contributed by atoms with van der Waals surface area (Å²) in [5, 5.41) is 22.3. The van der Waals surface area contributed by atoms with Crippen molar-refractivity contribution in [1.82, 2.24) is 4.90 Å². The summed E-state index contributed by atoms with van der Waals surface area (Å²) >= 11 is 5.71. The largest absolute Gasteiger partial charge is 0.396 e. The summed E-state index contributed by atoms with van der Waals surface area (Å²) in [5.74, 6) is -1.57. The Balaban J connectivity index is 2.09. The highest BCUT2D eigenvalue weighted by atomic mass is 35.5. The van der Waals surface area contributed by atoms with Crippen LogP contribution in [0.1, 0.15) is 25.7 Å². The van der Waals surface area contributed by atoms with E-state index in [-0.39, 0.29) is 29.0 Å². The third-order valence-electron chi connectivity index (χ3n) is 3.95.